The Bertz CT molecular complexity index is 568. The molecule has 1 aromatic rings. The molecule has 0 aliphatic carbocycles. The summed E-state index contributed by atoms with van der Waals surface area (Å²) < 4.78 is 4.74. The number of nitro benzene ring substituents is 1. The molecule has 7 heteroatoms. The molecule has 7 nitrogen and oxygen atoms in total. The molecule has 1 rings (SSSR count). The Labute approximate surface area is 122 Å². The van der Waals surface area contributed by atoms with Crippen LogP contribution in [-0.2, 0) is 14.3 Å². The number of hydrogen-bond donors (Lipinski definition) is 0. The maximum atomic E-state index is 11.8. The van der Waals surface area contributed by atoms with Gasteiger partial charge in [0.25, 0.3) is 5.69 Å². The van der Waals surface area contributed by atoms with Crippen molar-refractivity contribution in [1.82, 2.24) is 4.90 Å². The molecule has 0 atom stereocenters. The molecule has 0 N–H and O–H groups in total. The Morgan fingerprint density at radius 3 is 2.76 bits per heavy atom. The number of ether oxygens (including phenoxy) is 1. The summed E-state index contributed by atoms with van der Waals surface area (Å²) in [5.74, 6) is -0.883. The maximum Gasteiger partial charge on any atom is 0.325 e. The molecule has 0 unspecified atom stereocenters. The van der Waals surface area contributed by atoms with Crippen molar-refractivity contribution >= 4 is 23.6 Å². The van der Waals surface area contributed by atoms with Crippen LogP contribution in [0.25, 0.3) is 6.08 Å². The first-order chi connectivity index (χ1) is 9.93. The van der Waals surface area contributed by atoms with Gasteiger partial charge < -0.3 is 9.64 Å². The van der Waals surface area contributed by atoms with Crippen molar-refractivity contribution in [2.75, 3.05) is 20.2 Å². The monoisotopic (exact) mass is 292 g/mol. The topological polar surface area (TPSA) is 89.8 Å². The second-order valence-electron chi connectivity index (χ2n) is 4.18. The smallest absolute Gasteiger partial charge is 0.325 e. The van der Waals surface area contributed by atoms with Crippen LogP contribution in [0.4, 0.5) is 5.69 Å². The van der Waals surface area contributed by atoms with Gasteiger partial charge in [-0.2, -0.15) is 0 Å². The van der Waals surface area contributed by atoms with Gasteiger partial charge >= 0.3 is 5.97 Å². The van der Waals surface area contributed by atoms with Crippen molar-refractivity contribution in [3.8, 4) is 0 Å². The number of carbonyl (C=O) groups excluding carboxylic acids is 2. The number of likely N-dealkylation sites (N-methyl/N-ethyl adjacent to an activating group) is 1. The van der Waals surface area contributed by atoms with Crippen molar-refractivity contribution in [2.45, 2.75) is 6.92 Å². The maximum absolute atomic E-state index is 11.8. The van der Waals surface area contributed by atoms with Crippen LogP contribution in [0, 0.1) is 10.1 Å². The first-order valence-corrected chi connectivity index (χ1v) is 6.27. The zero-order valence-corrected chi connectivity index (χ0v) is 11.8. The molecule has 1 aromatic carbocycles. The van der Waals surface area contributed by atoms with Crippen molar-refractivity contribution < 1.29 is 19.2 Å². The normalized spacial score (nSPS) is 10.4. The van der Waals surface area contributed by atoms with Gasteiger partial charge in [0.05, 0.1) is 11.5 Å². The van der Waals surface area contributed by atoms with E-state index in [1.807, 2.05) is 0 Å². The summed E-state index contributed by atoms with van der Waals surface area (Å²) >= 11 is 0. The van der Waals surface area contributed by atoms with E-state index in [1.54, 1.807) is 13.0 Å². The summed E-state index contributed by atoms with van der Waals surface area (Å²) in [6, 6.07) is 5.90. The Morgan fingerprint density at radius 2 is 2.14 bits per heavy atom. The molecular weight excluding hydrogens is 276 g/mol. The highest BCUT2D eigenvalue weighted by atomic mass is 16.6. The SMILES string of the molecule is CCOC(=O)CN(C)C(=O)C=Cc1cccc([N+](=O)[O-])c1. The molecule has 0 saturated heterocycles. The third kappa shape index (κ3) is 5.43. The van der Waals surface area contributed by atoms with Crippen LogP contribution >= 0.6 is 0 Å². The standard InChI is InChI=1S/C14H16N2O5/c1-3-21-14(18)10-15(2)13(17)8-7-11-5-4-6-12(9-11)16(19)20/h4-9H,3,10H2,1-2H3. The van der Waals surface area contributed by atoms with Gasteiger partial charge in [0.2, 0.25) is 5.91 Å². The minimum absolute atomic E-state index is 0.0514. The second-order valence-corrected chi connectivity index (χ2v) is 4.18. The molecule has 0 spiro atoms. The number of amides is 1. The van der Waals surface area contributed by atoms with Gasteiger partial charge in [-0.25, -0.2) is 0 Å². The number of esters is 1. The lowest BCUT2D eigenvalue weighted by Crippen LogP contribution is -2.31. The first kappa shape index (κ1) is 16.4. The van der Waals surface area contributed by atoms with E-state index in [2.05, 4.69) is 0 Å². The van der Waals surface area contributed by atoms with Crippen molar-refractivity contribution in [3.63, 3.8) is 0 Å². The van der Waals surface area contributed by atoms with Crippen LogP contribution in [-0.4, -0.2) is 41.9 Å². The Morgan fingerprint density at radius 1 is 1.43 bits per heavy atom. The quantitative estimate of drug-likeness (QED) is 0.344. The molecule has 0 bridgehead atoms. The Hall–Kier alpha value is -2.70. The summed E-state index contributed by atoms with van der Waals surface area (Å²) in [7, 11) is 1.47. The second kappa shape index (κ2) is 7.78. The number of benzene rings is 1. The molecule has 0 aliphatic heterocycles. The van der Waals surface area contributed by atoms with Crippen LogP contribution in [0.1, 0.15) is 12.5 Å². The number of nitro groups is 1. The number of carbonyl (C=O) groups is 2. The van der Waals surface area contributed by atoms with Gasteiger partial charge in [-0.15, -0.1) is 0 Å². The van der Waals surface area contributed by atoms with Crippen LogP contribution in [0.15, 0.2) is 30.3 Å². The highest BCUT2D eigenvalue weighted by Gasteiger charge is 2.11. The predicted octanol–water partition coefficient (Wildman–Crippen LogP) is 1.63. The van der Waals surface area contributed by atoms with E-state index in [9.17, 15) is 19.7 Å². The average Bonchev–Trinajstić information content (AvgIpc) is 2.45. The molecule has 112 valence electrons. The zero-order chi connectivity index (χ0) is 15.8. The highest BCUT2D eigenvalue weighted by molar-refractivity contribution is 5.93. The summed E-state index contributed by atoms with van der Waals surface area (Å²) in [5.41, 5.74) is 0.478. The van der Waals surface area contributed by atoms with Gasteiger partial charge in [-0.05, 0) is 18.6 Å². The number of nitrogens with zero attached hydrogens (tertiary/aromatic N) is 2. The number of hydrogen-bond acceptors (Lipinski definition) is 5. The lowest BCUT2D eigenvalue weighted by Gasteiger charge is -2.13. The third-order valence-electron chi connectivity index (χ3n) is 2.55. The number of non-ortho nitro benzene ring substituents is 1. The van der Waals surface area contributed by atoms with E-state index < -0.39 is 16.8 Å². The molecule has 1 amide bonds. The first-order valence-electron chi connectivity index (χ1n) is 6.27. The summed E-state index contributed by atoms with van der Waals surface area (Å²) in [5, 5.41) is 10.6. The highest BCUT2D eigenvalue weighted by Crippen LogP contribution is 2.14. The molecule has 0 heterocycles. The molecule has 0 aliphatic rings. The molecular formula is C14H16N2O5. The molecule has 21 heavy (non-hydrogen) atoms. The lowest BCUT2D eigenvalue weighted by atomic mass is 10.2. The van der Waals surface area contributed by atoms with E-state index >= 15 is 0 Å². The average molecular weight is 292 g/mol. The fourth-order valence-corrected chi connectivity index (χ4v) is 1.51. The Kier molecular flexibility index (Phi) is 6.06. The Balaban J connectivity index is 2.67. The third-order valence-corrected chi connectivity index (χ3v) is 2.55. The van der Waals surface area contributed by atoms with Gasteiger partial charge in [0.15, 0.2) is 0 Å². The van der Waals surface area contributed by atoms with E-state index in [-0.39, 0.29) is 18.8 Å². The fourth-order valence-electron chi connectivity index (χ4n) is 1.51. The van der Waals surface area contributed by atoms with Gasteiger partial charge in [0.1, 0.15) is 6.54 Å². The van der Waals surface area contributed by atoms with E-state index in [1.165, 1.54) is 42.3 Å². The van der Waals surface area contributed by atoms with Gasteiger partial charge in [-0.1, -0.05) is 12.1 Å². The van der Waals surface area contributed by atoms with Gasteiger partial charge in [-0.3, -0.25) is 19.7 Å². The molecule has 0 saturated carbocycles. The van der Waals surface area contributed by atoms with Crippen LogP contribution in [0.3, 0.4) is 0 Å². The minimum Gasteiger partial charge on any atom is -0.465 e. The van der Waals surface area contributed by atoms with Gasteiger partial charge in [0, 0.05) is 25.3 Å². The van der Waals surface area contributed by atoms with Crippen LogP contribution in [0.5, 0.6) is 0 Å². The van der Waals surface area contributed by atoms with Crippen molar-refractivity contribution in [3.05, 3.63) is 46.0 Å². The zero-order valence-electron chi connectivity index (χ0n) is 11.8. The fraction of sp³-hybridized carbons (Fsp3) is 0.286. The van der Waals surface area contributed by atoms with Crippen LogP contribution < -0.4 is 0 Å². The van der Waals surface area contributed by atoms with E-state index in [4.69, 9.17) is 4.74 Å². The van der Waals surface area contributed by atoms with E-state index in [0.717, 1.165) is 0 Å². The lowest BCUT2D eigenvalue weighted by molar-refractivity contribution is -0.384. The summed E-state index contributed by atoms with van der Waals surface area (Å²) in [4.78, 5) is 34.3. The molecule has 0 aromatic heterocycles. The minimum atomic E-state index is -0.508. The van der Waals surface area contributed by atoms with Crippen molar-refractivity contribution in [2.24, 2.45) is 0 Å². The number of rotatable bonds is 6. The summed E-state index contributed by atoms with van der Waals surface area (Å²) in [6.07, 6.45) is 2.70. The largest absolute Gasteiger partial charge is 0.465 e. The predicted molar refractivity (Wildman–Crippen MR) is 76.4 cm³/mol. The van der Waals surface area contributed by atoms with Crippen molar-refractivity contribution in [1.29, 1.82) is 0 Å². The summed E-state index contributed by atoms with van der Waals surface area (Å²) in [6.45, 7) is 1.79. The molecule has 0 fully saturated rings. The van der Waals surface area contributed by atoms with Crippen LogP contribution in [0.2, 0.25) is 0 Å². The molecule has 0 radical (unpaired) electrons. The van der Waals surface area contributed by atoms with E-state index in [0.29, 0.717) is 5.56 Å².